The van der Waals surface area contributed by atoms with Crippen molar-refractivity contribution < 1.29 is 15.3 Å². The lowest BCUT2D eigenvalue weighted by molar-refractivity contribution is 0.0794. The van der Waals surface area contributed by atoms with Gasteiger partial charge in [0.25, 0.3) is 0 Å². The van der Waals surface area contributed by atoms with Gasteiger partial charge >= 0.3 is 0 Å². The molecule has 0 saturated heterocycles. The average Bonchev–Trinajstić information content (AvgIpc) is 2.13. The molecule has 0 fully saturated rings. The van der Waals surface area contributed by atoms with Gasteiger partial charge in [0.1, 0.15) is 0 Å². The van der Waals surface area contributed by atoms with E-state index in [4.69, 9.17) is 15.3 Å². The number of aliphatic hydroxyl groups excluding tert-OH is 3. The Bertz CT molecular complexity index is 104. The van der Waals surface area contributed by atoms with Crippen LogP contribution in [-0.4, -0.2) is 47.2 Å². The summed E-state index contributed by atoms with van der Waals surface area (Å²) in [4.78, 5) is 0. The maximum Gasteiger partial charge on any atom is 0.0648 e. The fraction of sp³-hybridized carbons (Fsp3) is 1.00. The molecule has 0 aliphatic carbocycles. The largest absolute Gasteiger partial charge is 0.396 e. The van der Waals surface area contributed by atoms with Crippen molar-refractivity contribution in [1.29, 1.82) is 0 Å². The van der Waals surface area contributed by atoms with Crippen molar-refractivity contribution in [2.24, 2.45) is 0 Å². The summed E-state index contributed by atoms with van der Waals surface area (Å²) < 4.78 is 0. The Morgan fingerprint density at radius 2 is 1.75 bits per heavy atom. The van der Waals surface area contributed by atoms with Crippen molar-refractivity contribution in [2.75, 3.05) is 26.4 Å². The zero-order valence-electron chi connectivity index (χ0n) is 7.58. The Labute approximate surface area is 73.2 Å². The Morgan fingerprint density at radius 3 is 2.08 bits per heavy atom. The molecule has 0 bridgehead atoms. The fourth-order valence-corrected chi connectivity index (χ4v) is 1.20. The van der Waals surface area contributed by atoms with Gasteiger partial charge in [-0.1, -0.05) is 6.92 Å². The molecule has 4 nitrogen and oxygen atoms in total. The predicted octanol–water partition coefficient (Wildman–Crippen LogP) is -0.908. The lowest BCUT2D eigenvalue weighted by Gasteiger charge is -2.30. The minimum absolute atomic E-state index is 0.0904. The van der Waals surface area contributed by atoms with E-state index in [1.54, 1.807) is 0 Å². The fourth-order valence-electron chi connectivity index (χ4n) is 1.20. The summed E-state index contributed by atoms with van der Waals surface area (Å²) in [7, 11) is 0. The maximum absolute atomic E-state index is 9.03. The molecular formula is C8H19NO3. The smallest absolute Gasteiger partial charge is 0.0648 e. The highest BCUT2D eigenvalue weighted by Gasteiger charge is 2.26. The summed E-state index contributed by atoms with van der Waals surface area (Å²) >= 11 is 0. The van der Waals surface area contributed by atoms with Crippen molar-refractivity contribution in [2.45, 2.75) is 25.3 Å². The second-order valence-electron chi connectivity index (χ2n) is 2.95. The molecule has 0 aliphatic heterocycles. The highest BCUT2D eigenvalue weighted by atomic mass is 16.3. The molecule has 0 atom stereocenters. The van der Waals surface area contributed by atoms with E-state index in [1.165, 1.54) is 0 Å². The summed E-state index contributed by atoms with van der Waals surface area (Å²) in [6.07, 6.45) is 1.18. The van der Waals surface area contributed by atoms with Gasteiger partial charge in [0.15, 0.2) is 0 Å². The zero-order chi connectivity index (χ0) is 9.45. The van der Waals surface area contributed by atoms with Gasteiger partial charge in [-0.3, -0.25) is 0 Å². The Hall–Kier alpha value is -0.160. The third-order valence-corrected chi connectivity index (χ3v) is 1.97. The molecule has 12 heavy (non-hydrogen) atoms. The van der Waals surface area contributed by atoms with Crippen LogP contribution in [0, 0.1) is 0 Å². The van der Waals surface area contributed by atoms with Crippen LogP contribution >= 0.6 is 0 Å². The van der Waals surface area contributed by atoms with Crippen LogP contribution in [-0.2, 0) is 0 Å². The van der Waals surface area contributed by atoms with Crippen molar-refractivity contribution in [3.8, 4) is 0 Å². The van der Waals surface area contributed by atoms with Crippen LogP contribution in [0.15, 0.2) is 0 Å². The van der Waals surface area contributed by atoms with Gasteiger partial charge in [-0.2, -0.15) is 0 Å². The Balaban J connectivity index is 3.95. The van der Waals surface area contributed by atoms with Gasteiger partial charge < -0.3 is 20.6 Å². The lowest BCUT2D eigenvalue weighted by atomic mass is 9.95. The van der Waals surface area contributed by atoms with E-state index in [1.807, 2.05) is 6.92 Å². The molecule has 4 heteroatoms. The number of likely N-dealkylation sites (N-methyl/N-ethyl adjacent to an activating group) is 1. The van der Waals surface area contributed by atoms with E-state index in [0.717, 1.165) is 0 Å². The standard InChI is InChI=1S/C8H19NO3/c1-2-9-8(6-11,7-12)4-3-5-10/h9-12H,2-7H2,1H3. The van der Waals surface area contributed by atoms with Gasteiger partial charge in [-0.15, -0.1) is 0 Å². The van der Waals surface area contributed by atoms with E-state index >= 15 is 0 Å². The summed E-state index contributed by atoms with van der Waals surface area (Å²) in [5.41, 5.74) is -0.614. The maximum atomic E-state index is 9.03. The van der Waals surface area contributed by atoms with Crippen LogP contribution in [0.5, 0.6) is 0 Å². The molecule has 0 aliphatic rings. The van der Waals surface area contributed by atoms with Crippen molar-refractivity contribution >= 4 is 0 Å². The molecule has 0 rings (SSSR count). The van der Waals surface area contributed by atoms with E-state index in [2.05, 4.69) is 5.32 Å². The van der Waals surface area contributed by atoms with Crippen LogP contribution in [0.1, 0.15) is 19.8 Å². The third kappa shape index (κ3) is 3.49. The van der Waals surface area contributed by atoms with Crippen molar-refractivity contribution in [1.82, 2.24) is 5.32 Å². The molecule has 0 spiro atoms. The van der Waals surface area contributed by atoms with Gasteiger partial charge in [0, 0.05) is 6.61 Å². The normalized spacial score (nSPS) is 12.0. The molecule has 0 aromatic heterocycles. The van der Waals surface area contributed by atoms with Gasteiger partial charge in [-0.25, -0.2) is 0 Å². The molecule has 74 valence electrons. The Morgan fingerprint density at radius 1 is 1.17 bits per heavy atom. The molecule has 0 heterocycles. The van der Waals surface area contributed by atoms with Gasteiger partial charge in [0.2, 0.25) is 0 Å². The first-order valence-corrected chi connectivity index (χ1v) is 4.32. The zero-order valence-corrected chi connectivity index (χ0v) is 7.58. The highest BCUT2D eigenvalue weighted by molar-refractivity contribution is 4.86. The van der Waals surface area contributed by atoms with E-state index in [-0.39, 0.29) is 19.8 Å². The van der Waals surface area contributed by atoms with Crippen molar-refractivity contribution in [3.63, 3.8) is 0 Å². The number of rotatable bonds is 7. The van der Waals surface area contributed by atoms with E-state index in [9.17, 15) is 0 Å². The quantitative estimate of drug-likeness (QED) is 0.406. The summed E-state index contributed by atoms with van der Waals surface area (Å²) in [6, 6.07) is 0. The van der Waals surface area contributed by atoms with E-state index in [0.29, 0.717) is 19.4 Å². The number of hydrogen-bond acceptors (Lipinski definition) is 4. The summed E-state index contributed by atoms with van der Waals surface area (Å²) in [5.74, 6) is 0. The average molecular weight is 177 g/mol. The molecule has 4 N–H and O–H groups in total. The third-order valence-electron chi connectivity index (χ3n) is 1.97. The molecule has 0 aromatic carbocycles. The monoisotopic (exact) mass is 177 g/mol. The van der Waals surface area contributed by atoms with Gasteiger partial charge in [-0.05, 0) is 19.4 Å². The van der Waals surface area contributed by atoms with E-state index < -0.39 is 5.54 Å². The predicted molar refractivity (Wildman–Crippen MR) is 46.9 cm³/mol. The summed E-state index contributed by atoms with van der Waals surface area (Å²) in [6.45, 7) is 2.51. The molecular weight excluding hydrogens is 158 g/mol. The first-order valence-electron chi connectivity index (χ1n) is 4.32. The number of nitrogens with one attached hydrogen (secondary N) is 1. The van der Waals surface area contributed by atoms with Crippen LogP contribution in [0.2, 0.25) is 0 Å². The molecule has 0 radical (unpaired) electrons. The minimum atomic E-state index is -0.614. The lowest BCUT2D eigenvalue weighted by Crippen LogP contribution is -2.51. The second kappa shape index (κ2) is 6.37. The first-order chi connectivity index (χ1) is 5.74. The minimum Gasteiger partial charge on any atom is -0.396 e. The van der Waals surface area contributed by atoms with Gasteiger partial charge in [0.05, 0.1) is 18.8 Å². The molecule has 0 amide bonds. The number of hydrogen-bond donors (Lipinski definition) is 4. The van der Waals surface area contributed by atoms with Crippen LogP contribution in [0.25, 0.3) is 0 Å². The van der Waals surface area contributed by atoms with Crippen LogP contribution < -0.4 is 5.32 Å². The SMILES string of the molecule is CCNC(CO)(CO)CCCO. The molecule has 0 unspecified atom stereocenters. The molecule has 0 saturated carbocycles. The highest BCUT2D eigenvalue weighted by Crippen LogP contribution is 2.10. The summed E-state index contributed by atoms with van der Waals surface area (Å²) in [5, 5.41) is 29.7. The Kier molecular flexibility index (Phi) is 6.28. The number of aliphatic hydroxyl groups is 3. The molecule has 0 aromatic rings. The second-order valence-corrected chi connectivity index (χ2v) is 2.95. The first kappa shape index (κ1) is 11.8. The van der Waals surface area contributed by atoms with Crippen molar-refractivity contribution in [3.05, 3.63) is 0 Å². The van der Waals surface area contributed by atoms with Crippen LogP contribution in [0.3, 0.4) is 0 Å². The topological polar surface area (TPSA) is 72.7 Å². The van der Waals surface area contributed by atoms with Crippen LogP contribution in [0.4, 0.5) is 0 Å².